The third-order valence-corrected chi connectivity index (χ3v) is 5.70. The first-order valence-electron chi connectivity index (χ1n) is 12.7. The Bertz CT molecular complexity index is 307. The molecule has 0 aliphatic carbocycles. The molecule has 0 unspecified atom stereocenters. The smallest absolute Gasteiger partial charge is 0.220 e. The normalized spacial score (nSPS) is 11.1. The van der Waals surface area contributed by atoms with Crippen LogP contribution < -0.4 is 10.6 Å². The summed E-state index contributed by atoms with van der Waals surface area (Å²) in [5, 5.41) is 5.98. The molecule has 0 saturated carbocycles. The van der Waals surface area contributed by atoms with Crippen LogP contribution in [0, 0.1) is 0 Å². The van der Waals surface area contributed by atoms with Gasteiger partial charge in [-0.3, -0.25) is 4.79 Å². The van der Waals surface area contributed by atoms with Gasteiger partial charge in [-0.05, 0) is 13.5 Å². The predicted molar refractivity (Wildman–Crippen MR) is 125 cm³/mol. The largest absolute Gasteiger partial charge is 0.355 e. The van der Waals surface area contributed by atoms with Gasteiger partial charge in [0.25, 0.3) is 0 Å². The first kappa shape index (κ1) is 27.4. The fraction of sp³-hybridized carbons (Fsp3) is 0.960. The van der Waals surface area contributed by atoms with Crippen molar-refractivity contribution in [3.63, 3.8) is 0 Å². The average Bonchev–Trinajstić information content (AvgIpc) is 2.70. The Kier molecular flexibility index (Phi) is 24.0. The SMILES string of the molecule is CCCCCCCCCCCCCCCCCCCCCC(=O)NCCNC. The van der Waals surface area contributed by atoms with E-state index < -0.39 is 0 Å². The molecule has 0 atom stereocenters. The van der Waals surface area contributed by atoms with Crippen LogP contribution in [-0.4, -0.2) is 26.0 Å². The summed E-state index contributed by atoms with van der Waals surface area (Å²) in [5.74, 6) is 0.210. The molecule has 0 rings (SSSR count). The minimum atomic E-state index is 0.210. The molecule has 3 heteroatoms. The molecule has 0 radical (unpaired) electrons. The van der Waals surface area contributed by atoms with Gasteiger partial charge in [0.2, 0.25) is 5.91 Å². The van der Waals surface area contributed by atoms with Crippen molar-refractivity contribution < 1.29 is 4.79 Å². The van der Waals surface area contributed by atoms with E-state index in [4.69, 9.17) is 0 Å². The zero-order chi connectivity index (χ0) is 20.5. The van der Waals surface area contributed by atoms with E-state index in [1.165, 1.54) is 116 Å². The summed E-state index contributed by atoms with van der Waals surface area (Å²) in [5.41, 5.74) is 0. The van der Waals surface area contributed by atoms with Gasteiger partial charge in [0.15, 0.2) is 0 Å². The van der Waals surface area contributed by atoms with Gasteiger partial charge < -0.3 is 10.6 Å². The van der Waals surface area contributed by atoms with E-state index in [2.05, 4.69) is 17.6 Å². The Morgan fingerprint density at radius 3 is 1.25 bits per heavy atom. The van der Waals surface area contributed by atoms with Crippen molar-refractivity contribution in [3.05, 3.63) is 0 Å². The highest BCUT2D eigenvalue weighted by atomic mass is 16.1. The van der Waals surface area contributed by atoms with E-state index >= 15 is 0 Å². The molecule has 0 aromatic heterocycles. The highest BCUT2D eigenvalue weighted by Gasteiger charge is 2.00. The first-order valence-corrected chi connectivity index (χ1v) is 12.7. The van der Waals surface area contributed by atoms with Crippen molar-refractivity contribution in [2.45, 2.75) is 135 Å². The molecule has 168 valence electrons. The number of likely N-dealkylation sites (N-methyl/N-ethyl adjacent to an activating group) is 1. The van der Waals surface area contributed by atoms with Crippen LogP contribution in [-0.2, 0) is 4.79 Å². The molecule has 0 saturated heterocycles. The van der Waals surface area contributed by atoms with Gasteiger partial charge in [0, 0.05) is 19.5 Å². The zero-order valence-electron chi connectivity index (χ0n) is 19.5. The standard InChI is InChI=1S/C25H52N2O/c1-3-4-5-6-7-8-9-10-11-12-13-14-15-16-17-18-19-20-21-22-25(28)27-24-23-26-2/h26H,3-24H2,1-2H3,(H,27,28). The lowest BCUT2D eigenvalue weighted by Crippen LogP contribution is -2.30. The minimum Gasteiger partial charge on any atom is -0.355 e. The third kappa shape index (κ3) is 23.5. The van der Waals surface area contributed by atoms with Gasteiger partial charge in [-0.1, -0.05) is 122 Å². The average molecular weight is 397 g/mol. The quantitative estimate of drug-likeness (QED) is 0.180. The number of hydrogen-bond donors (Lipinski definition) is 2. The summed E-state index contributed by atoms with van der Waals surface area (Å²) >= 11 is 0. The fourth-order valence-electron chi connectivity index (χ4n) is 3.78. The molecular formula is C25H52N2O. The third-order valence-electron chi connectivity index (χ3n) is 5.70. The van der Waals surface area contributed by atoms with Crippen LogP contribution in [0.2, 0.25) is 0 Å². The van der Waals surface area contributed by atoms with Gasteiger partial charge in [-0.15, -0.1) is 0 Å². The summed E-state index contributed by atoms with van der Waals surface area (Å²) in [6, 6.07) is 0. The maximum Gasteiger partial charge on any atom is 0.220 e. The van der Waals surface area contributed by atoms with Crippen LogP contribution in [0.25, 0.3) is 0 Å². The molecule has 3 nitrogen and oxygen atoms in total. The van der Waals surface area contributed by atoms with Crippen molar-refractivity contribution in [3.8, 4) is 0 Å². The lowest BCUT2D eigenvalue weighted by atomic mass is 10.0. The number of hydrogen-bond acceptors (Lipinski definition) is 2. The molecule has 0 aliphatic heterocycles. The number of unbranched alkanes of at least 4 members (excludes halogenated alkanes) is 18. The van der Waals surface area contributed by atoms with Crippen LogP contribution in [0.1, 0.15) is 135 Å². The van der Waals surface area contributed by atoms with Crippen LogP contribution in [0.4, 0.5) is 0 Å². The van der Waals surface area contributed by atoms with Crippen LogP contribution in [0.15, 0.2) is 0 Å². The van der Waals surface area contributed by atoms with Gasteiger partial charge in [-0.2, -0.15) is 0 Å². The summed E-state index contributed by atoms with van der Waals surface area (Å²) in [6.07, 6.45) is 27.1. The van der Waals surface area contributed by atoms with Crippen molar-refractivity contribution >= 4 is 5.91 Å². The Morgan fingerprint density at radius 1 is 0.536 bits per heavy atom. The maximum absolute atomic E-state index is 11.6. The van der Waals surface area contributed by atoms with Crippen LogP contribution in [0.3, 0.4) is 0 Å². The first-order chi connectivity index (χ1) is 13.8. The summed E-state index contributed by atoms with van der Waals surface area (Å²) < 4.78 is 0. The van der Waals surface area contributed by atoms with E-state index in [1.54, 1.807) is 0 Å². The molecule has 0 fully saturated rings. The van der Waals surface area contributed by atoms with Gasteiger partial charge >= 0.3 is 0 Å². The van der Waals surface area contributed by atoms with Crippen molar-refractivity contribution in [1.29, 1.82) is 0 Å². The summed E-state index contributed by atoms with van der Waals surface area (Å²) in [4.78, 5) is 11.6. The number of carbonyl (C=O) groups is 1. The van der Waals surface area contributed by atoms with Crippen molar-refractivity contribution in [1.82, 2.24) is 10.6 Å². The lowest BCUT2D eigenvalue weighted by molar-refractivity contribution is -0.121. The van der Waals surface area contributed by atoms with E-state index in [1.807, 2.05) is 7.05 Å². The Hall–Kier alpha value is -0.570. The second kappa shape index (κ2) is 24.5. The second-order valence-electron chi connectivity index (χ2n) is 8.57. The summed E-state index contributed by atoms with van der Waals surface area (Å²) in [6.45, 7) is 3.89. The minimum absolute atomic E-state index is 0.210. The molecule has 0 aromatic carbocycles. The van der Waals surface area contributed by atoms with Gasteiger partial charge in [0.1, 0.15) is 0 Å². The Labute approximate surface area is 177 Å². The number of carbonyl (C=O) groups excluding carboxylic acids is 1. The number of amides is 1. The van der Waals surface area contributed by atoms with E-state index in [0.717, 1.165) is 19.5 Å². The monoisotopic (exact) mass is 396 g/mol. The molecule has 0 aromatic rings. The number of rotatable bonds is 23. The molecule has 1 amide bonds. The predicted octanol–water partition coefficient (Wildman–Crippen LogP) is 7.14. The molecule has 0 aliphatic rings. The second-order valence-corrected chi connectivity index (χ2v) is 8.57. The number of nitrogens with one attached hydrogen (secondary N) is 2. The Balaban J connectivity index is 3.06. The zero-order valence-corrected chi connectivity index (χ0v) is 19.5. The van der Waals surface area contributed by atoms with E-state index in [-0.39, 0.29) is 5.91 Å². The van der Waals surface area contributed by atoms with Gasteiger partial charge in [-0.25, -0.2) is 0 Å². The Morgan fingerprint density at radius 2 is 0.893 bits per heavy atom. The molecule has 0 spiro atoms. The molecule has 2 N–H and O–H groups in total. The molecule has 0 heterocycles. The van der Waals surface area contributed by atoms with Crippen LogP contribution in [0.5, 0.6) is 0 Å². The lowest BCUT2D eigenvalue weighted by Gasteiger charge is -2.05. The highest BCUT2D eigenvalue weighted by molar-refractivity contribution is 5.75. The maximum atomic E-state index is 11.6. The van der Waals surface area contributed by atoms with Crippen molar-refractivity contribution in [2.75, 3.05) is 20.1 Å². The van der Waals surface area contributed by atoms with Crippen molar-refractivity contribution in [2.24, 2.45) is 0 Å². The van der Waals surface area contributed by atoms with Gasteiger partial charge in [0.05, 0.1) is 0 Å². The highest BCUT2D eigenvalue weighted by Crippen LogP contribution is 2.14. The molecular weight excluding hydrogens is 344 g/mol. The van der Waals surface area contributed by atoms with E-state index in [0.29, 0.717) is 6.42 Å². The molecule has 28 heavy (non-hydrogen) atoms. The van der Waals surface area contributed by atoms with E-state index in [9.17, 15) is 4.79 Å². The molecule has 0 bridgehead atoms. The topological polar surface area (TPSA) is 41.1 Å². The van der Waals surface area contributed by atoms with Crippen LogP contribution >= 0.6 is 0 Å². The summed E-state index contributed by atoms with van der Waals surface area (Å²) in [7, 11) is 1.91. The fourth-order valence-corrected chi connectivity index (χ4v) is 3.78.